The highest BCUT2D eigenvalue weighted by molar-refractivity contribution is 6.31. The number of aldehydes is 1. The molecule has 1 aromatic heterocycles. The largest absolute Gasteiger partial charge is 0.444 e. The van der Waals surface area contributed by atoms with Crippen molar-refractivity contribution in [3.63, 3.8) is 0 Å². The van der Waals surface area contributed by atoms with E-state index in [0.29, 0.717) is 0 Å². The Bertz CT molecular complexity index is 957. The van der Waals surface area contributed by atoms with Crippen LogP contribution >= 0.6 is 11.6 Å². The van der Waals surface area contributed by atoms with Gasteiger partial charge in [-0.1, -0.05) is 11.6 Å². The Morgan fingerprint density at radius 2 is 1.94 bits per heavy atom. The minimum Gasteiger partial charge on any atom is -0.444 e. The fourth-order valence-corrected chi connectivity index (χ4v) is 3.40. The maximum absolute atomic E-state index is 13.9. The van der Waals surface area contributed by atoms with Crippen LogP contribution in [0.3, 0.4) is 0 Å². The number of ether oxygens (including phenoxy) is 1. The maximum Gasteiger partial charge on any atom is 0.413 e. The Balaban J connectivity index is 2.28. The van der Waals surface area contributed by atoms with E-state index >= 15 is 0 Å². The minimum atomic E-state index is -4.90. The van der Waals surface area contributed by atoms with Crippen LogP contribution in [0.2, 0.25) is 5.15 Å². The summed E-state index contributed by atoms with van der Waals surface area (Å²) in [6.07, 6.45) is -7.05. The van der Waals surface area contributed by atoms with Gasteiger partial charge in [-0.05, 0) is 27.2 Å². The molecule has 9 nitrogen and oxygen atoms in total. The third-order valence-electron chi connectivity index (χ3n) is 4.63. The fraction of sp³-hybridized carbons (Fsp3) is 0.611. The van der Waals surface area contributed by atoms with Crippen LogP contribution in [0.25, 0.3) is 0 Å². The lowest BCUT2D eigenvalue weighted by molar-refractivity contribution is -0.194. The number of rotatable bonds is 4. The van der Waals surface area contributed by atoms with Gasteiger partial charge in [0.1, 0.15) is 5.60 Å². The molecule has 0 unspecified atom stereocenters. The maximum atomic E-state index is 13.9. The van der Waals surface area contributed by atoms with Crippen molar-refractivity contribution in [2.45, 2.75) is 50.9 Å². The first kappa shape index (κ1) is 24.6. The van der Waals surface area contributed by atoms with Gasteiger partial charge >= 0.3 is 12.3 Å². The Hall–Kier alpha value is -2.63. The number of carbonyl (C=O) groups is 3. The first-order valence-corrected chi connectivity index (χ1v) is 9.54. The number of aryl methyl sites for hydroxylation is 1. The molecule has 2 amide bonds. The number of aromatic nitrogens is 2. The molecule has 0 aliphatic carbocycles. The summed E-state index contributed by atoms with van der Waals surface area (Å²) in [5.41, 5.74) is -5.23. The van der Waals surface area contributed by atoms with Crippen molar-refractivity contribution in [1.29, 1.82) is 0 Å². The van der Waals surface area contributed by atoms with Gasteiger partial charge < -0.3 is 15.0 Å². The second-order valence-corrected chi connectivity index (χ2v) is 8.54. The molecule has 1 aliphatic rings. The van der Waals surface area contributed by atoms with Crippen LogP contribution in [-0.4, -0.2) is 63.4 Å². The van der Waals surface area contributed by atoms with Gasteiger partial charge in [-0.3, -0.25) is 14.4 Å². The SMILES string of the molecule is Cn1nc(Cl)c(C=O)c(CC(=O)N[C@@]2(C(F)(F)F)CCN(C(=O)OC(C)(C)C)C2)c1=O. The summed E-state index contributed by atoms with van der Waals surface area (Å²) in [5, 5.41) is 5.14. The Morgan fingerprint density at radius 1 is 1.32 bits per heavy atom. The molecule has 0 aromatic carbocycles. The molecule has 13 heteroatoms. The van der Waals surface area contributed by atoms with Crippen LogP contribution in [0.1, 0.15) is 43.1 Å². The van der Waals surface area contributed by atoms with E-state index < -0.39 is 54.3 Å². The zero-order valence-corrected chi connectivity index (χ0v) is 18.1. The molecule has 2 rings (SSSR count). The number of likely N-dealkylation sites (tertiary alicyclic amines) is 1. The van der Waals surface area contributed by atoms with Crippen LogP contribution in [0.5, 0.6) is 0 Å². The lowest BCUT2D eigenvalue weighted by Crippen LogP contribution is -2.61. The molecule has 1 atom stereocenters. The van der Waals surface area contributed by atoms with Crippen LogP contribution in [-0.2, 0) is 23.0 Å². The molecule has 1 fully saturated rings. The van der Waals surface area contributed by atoms with Crippen molar-refractivity contribution >= 4 is 29.9 Å². The molecule has 0 saturated carbocycles. The molecule has 0 spiro atoms. The highest BCUT2D eigenvalue weighted by Crippen LogP contribution is 2.38. The van der Waals surface area contributed by atoms with Crippen molar-refractivity contribution in [1.82, 2.24) is 20.0 Å². The first-order chi connectivity index (χ1) is 14.1. The average Bonchev–Trinajstić information content (AvgIpc) is 3.03. The molecule has 1 saturated heterocycles. The predicted molar refractivity (Wildman–Crippen MR) is 103 cm³/mol. The van der Waals surface area contributed by atoms with Crippen LogP contribution in [0.4, 0.5) is 18.0 Å². The fourth-order valence-electron chi connectivity index (χ4n) is 3.12. The average molecular weight is 467 g/mol. The standard InChI is InChI=1S/C18H22ClF3N4O5/c1-16(2,3)31-15(30)26-6-5-17(9-26,18(20,21)22)23-12(28)7-10-11(8-27)13(19)24-25(4)14(10)29/h8H,5-7,9H2,1-4H3,(H,23,28)/t17-/m0/s1. The zero-order valence-electron chi connectivity index (χ0n) is 17.3. The molecular formula is C18H22ClF3N4O5. The van der Waals surface area contributed by atoms with E-state index in [0.717, 1.165) is 9.58 Å². The molecule has 1 N–H and O–H groups in total. The summed E-state index contributed by atoms with van der Waals surface area (Å²) >= 11 is 5.80. The van der Waals surface area contributed by atoms with Gasteiger partial charge in [0.25, 0.3) is 5.56 Å². The van der Waals surface area contributed by atoms with Crippen molar-refractivity contribution < 1.29 is 32.3 Å². The Labute approximate surface area is 180 Å². The summed E-state index contributed by atoms with van der Waals surface area (Å²) < 4.78 is 47.6. The van der Waals surface area contributed by atoms with Crippen molar-refractivity contribution in [3.05, 3.63) is 26.6 Å². The van der Waals surface area contributed by atoms with Crippen LogP contribution in [0.15, 0.2) is 4.79 Å². The first-order valence-electron chi connectivity index (χ1n) is 9.17. The molecule has 2 heterocycles. The van der Waals surface area contributed by atoms with Gasteiger partial charge in [-0.2, -0.15) is 18.3 Å². The quantitative estimate of drug-likeness (QED) is 0.678. The van der Waals surface area contributed by atoms with Crippen LogP contribution < -0.4 is 10.9 Å². The van der Waals surface area contributed by atoms with Crippen LogP contribution in [0, 0.1) is 0 Å². The smallest absolute Gasteiger partial charge is 0.413 e. The second-order valence-electron chi connectivity index (χ2n) is 8.19. The van der Waals surface area contributed by atoms with Gasteiger partial charge in [-0.25, -0.2) is 9.48 Å². The molecule has 172 valence electrons. The summed E-state index contributed by atoms with van der Waals surface area (Å²) in [6.45, 7) is 3.57. The number of alkyl halides is 3. The minimum absolute atomic E-state index is 0.207. The molecule has 31 heavy (non-hydrogen) atoms. The van der Waals surface area contributed by atoms with E-state index in [2.05, 4.69) is 5.10 Å². The topological polar surface area (TPSA) is 111 Å². The molecule has 1 aromatic rings. The Kier molecular flexibility index (Phi) is 6.74. The highest BCUT2D eigenvalue weighted by Gasteiger charge is 2.60. The Morgan fingerprint density at radius 3 is 2.45 bits per heavy atom. The molecular weight excluding hydrogens is 445 g/mol. The summed E-state index contributed by atoms with van der Waals surface area (Å²) in [7, 11) is 1.22. The number of carbonyl (C=O) groups excluding carboxylic acids is 3. The van der Waals surface area contributed by atoms with Gasteiger partial charge in [0.05, 0.1) is 18.5 Å². The van der Waals surface area contributed by atoms with E-state index in [9.17, 15) is 32.3 Å². The predicted octanol–water partition coefficient (Wildman–Crippen LogP) is 1.85. The zero-order chi connectivity index (χ0) is 23.8. The monoisotopic (exact) mass is 466 g/mol. The summed E-state index contributed by atoms with van der Waals surface area (Å²) in [6, 6.07) is 0. The second kappa shape index (κ2) is 8.48. The van der Waals surface area contributed by atoms with E-state index in [1.165, 1.54) is 7.05 Å². The number of hydrogen-bond acceptors (Lipinski definition) is 6. The van der Waals surface area contributed by atoms with E-state index in [1.807, 2.05) is 5.32 Å². The highest BCUT2D eigenvalue weighted by atomic mass is 35.5. The van der Waals surface area contributed by atoms with Crippen molar-refractivity contribution in [2.75, 3.05) is 13.1 Å². The third-order valence-corrected chi connectivity index (χ3v) is 4.91. The van der Waals surface area contributed by atoms with Crippen molar-refractivity contribution in [3.8, 4) is 0 Å². The van der Waals surface area contributed by atoms with E-state index in [4.69, 9.17) is 16.3 Å². The van der Waals surface area contributed by atoms with E-state index in [-0.39, 0.29) is 29.1 Å². The van der Waals surface area contributed by atoms with E-state index in [1.54, 1.807) is 20.8 Å². The van der Waals surface area contributed by atoms with Gasteiger partial charge in [0, 0.05) is 19.2 Å². The molecule has 1 aliphatic heterocycles. The lowest BCUT2D eigenvalue weighted by Gasteiger charge is -2.33. The number of nitrogens with zero attached hydrogens (tertiary/aromatic N) is 3. The number of nitrogens with one attached hydrogen (secondary N) is 1. The normalized spacial score (nSPS) is 19.3. The lowest BCUT2D eigenvalue weighted by atomic mass is 9.97. The van der Waals surface area contributed by atoms with Gasteiger partial charge in [0.15, 0.2) is 17.0 Å². The molecule has 0 radical (unpaired) electrons. The number of halogens is 4. The molecule has 0 bridgehead atoms. The summed E-state index contributed by atoms with van der Waals surface area (Å²) in [4.78, 5) is 49.0. The third kappa shape index (κ3) is 5.35. The number of amides is 2. The number of hydrogen-bond donors (Lipinski definition) is 1. The van der Waals surface area contributed by atoms with Crippen molar-refractivity contribution in [2.24, 2.45) is 7.05 Å². The summed E-state index contributed by atoms with van der Waals surface area (Å²) in [5.74, 6) is -1.16. The van der Waals surface area contributed by atoms with Gasteiger partial charge in [0.2, 0.25) is 5.91 Å². The van der Waals surface area contributed by atoms with Gasteiger partial charge in [-0.15, -0.1) is 0 Å².